The molecule has 0 bridgehead atoms. The zero-order valence-corrected chi connectivity index (χ0v) is 13.0. The predicted octanol–water partition coefficient (Wildman–Crippen LogP) is 0.459. The molecular formula is C15H13F2N5O3. The Labute approximate surface area is 140 Å². The Balaban J connectivity index is 1.56. The summed E-state index contributed by atoms with van der Waals surface area (Å²) in [6.07, 6.45) is 2.43. The molecule has 1 fully saturated rings. The highest BCUT2D eigenvalue weighted by atomic mass is 19.1. The van der Waals surface area contributed by atoms with Crippen LogP contribution in [0.25, 0.3) is 0 Å². The smallest absolute Gasteiger partial charge is 0.273 e. The molecule has 1 saturated carbocycles. The zero-order valence-electron chi connectivity index (χ0n) is 13.0. The third kappa shape index (κ3) is 3.84. The van der Waals surface area contributed by atoms with Gasteiger partial charge < -0.3 is 15.4 Å². The highest BCUT2D eigenvalue weighted by Crippen LogP contribution is 2.22. The number of carbonyl (C=O) groups excluding carboxylic acids is 2. The summed E-state index contributed by atoms with van der Waals surface area (Å²) in [5, 5.41) is 5.20. The molecule has 1 aliphatic rings. The SMILES string of the molecule is COc1cc(C(=O)N[C@@H]2C[C@H]2NC(=O)c2ncc(F)cc2F)ncn1. The Morgan fingerprint density at radius 3 is 2.52 bits per heavy atom. The maximum absolute atomic E-state index is 13.5. The number of nitrogens with zero attached hydrogens (tertiary/aromatic N) is 3. The van der Waals surface area contributed by atoms with E-state index in [1.54, 1.807) is 0 Å². The molecule has 0 aromatic carbocycles. The molecule has 8 nitrogen and oxygen atoms in total. The Morgan fingerprint density at radius 2 is 1.84 bits per heavy atom. The van der Waals surface area contributed by atoms with Gasteiger partial charge >= 0.3 is 0 Å². The van der Waals surface area contributed by atoms with Gasteiger partial charge in [0.2, 0.25) is 5.88 Å². The summed E-state index contributed by atoms with van der Waals surface area (Å²) in [5.41, 5.74) is -0.381. The molecule has 25 heavy (non-hydrogen) atoms. The quantitative estimate of drug-likeness (QED) is 0.812. The number of rotatable bonds is 5. The van der Waals surface area contributed by atoms with Crippen molar-refractivity contribution in [3.8, 4) is 5.88 Å². The fourth-order valence-corrected chi connectivity index (χ4v) is 2.15. The standard InChI is InChI=1S/C15H13F2N5O3/c1-25-12-4-11(19-6-20-12)14(23)21-9-3-10(9)22-15(24)13-8(17)2-7(16)5-18-13/h2,4-6,9-10H,3H2,1H3,(H,21,23)(H,22,24)/t9-,10-/m1/s1. The van der Waals surface area contributed by atoms with Gasteiger partial charge in [-0.15, -0.1) is 0 Å². The third-order valence-corrected chi connectivity index (χ3v) is 3.53. The minimum atomic E-state index is -1.05. The Morgan fingerprint density at radius 1 is 1.12 bits per heavy atom. The average molecular weight is 349 g/mol. The number of hydrogen-bond acceptors (Lipinski definition) is 6. The van der Waals surface area contributed by atoms with E-state index in [1.807, 2.05) is 0 Å². The molecule has 1 aliphatic carbocycles. The molecule has 2 heterocycles. The summed E-state index contributed by atoms with van der Waals surface area (Å²) in [6, 6.07) is 1.27. The van der Waals surface area contributed by atoms with Crippen molar-refractivity contribution in [2.75, 3.05) is 7.11 Å². The van der Waals surface area contributed by atoms with Crippen LogP contribution in [0.4, 0.5) is 8.78 Å². The number of pyridine rings is 1. The summed E-state index contributed by atoms with van der Waals surface area (Å²) in [7, 11) is 1.42. The molecule has 2 N–H and O–H groups in total. The molecule has 0 saturated heterocycles. The normalized spacial score (nSPS) is 18.4. The van der Waals surface area contributed by atoms with Crippen LogP contribution in [0, 0.1) is 11.6 Å². The summed E-state index contributed by atoms with van der Waals surface area (Å²) < 4.78 is 31.2. The molecule has 2 aromatic rings. The van der Waals surface area contributed by atoms with Crippen LogP contribution in [0.1, 0.15) is 27.4 Å². The first-order valence-corrected chi connectivity index (χ1v) is 7.26. The molecule has 130 valence electrons. The van der Waals surface area contributed by atoms with E-state index in [-0.39, 0.29) is 23.7 Å². The second-order valence-corrected chi connectivity index (χ2v) is 5.33. The van der Waals surface area contributed by atoms with Gasteiger partial charge in [0.05, 0.1) is 25.4 Å². The minimum Gasteiger partial charge on any atom is -0.481 e. The van der Waals surface area contributed by atoms with E-state index >= 15 is 0 Å². The van der Waals surface area contributed by atoms with Crippen molar-refractivity contribution in [2.45, 2.75) is 18.5 Å². The van der Waals surface area contributed by atoms with E-state index in [0.717, 1.165) is 6.20 Å². The van der Waals surface area contributed by atoms with Gasteiger partial charge in [0.25, 0.3) is 11.8 Å². The first kappa shape index (κ1) is 16.7. The van der Waals surface area contributed by atoms with E-state index < -0.39 is 29.1 Å². The van der Waals surface area contributed by atoms with Gasteiger partial charge in [0.15, 0.2) is 11.5 Å². The van der Waals surface area contributed by atoms with E-state index in [4.69, 9.17) is 4.74 Å². The van der Waals surface area contributed by atoms with Crippen LogP contribution in [-0.2, 0) is 0 Å². The highest BCUT2D eigenvalue weighted by Gasteiger charge is 2.40. The summed E-state index contributed by atoms with van der Waals surface area (Å²) in [5.74, 6) is -2.90. The molecule has 3 rings (SSSR count). The van der Waals surface area contributed by atoms with Gasteiger partial charge in [-0.3, -0.25) is 9.59 Å². The lowest BCUT2D eigenvalue weighted by Gasteiger charge is -2.07. The van der Waals surface area contributed by atoms with Crippen molar-refractivity contribution in [3.63, 3.8) is 0 Å². The molecule has 0 unspecified atom stereocenters. The van der Waals surface area contributed by atoms with E-state index in [0.29, 0.717) is 12.5 Å². The number of halogens is 2. The Bertz CT molecular complexity index is 833. The van der Waals surface area contributed by atoms with Crippen molar-refractivity contribution < 1.29 is 23.1 Å². The largest absolute Gasteiger partial charge is 0.481 e. The first-order valence-electron chi connectivity index (χ1n) is 7.26. The van der Waals surface area contributed by atoms with Gasteiger partial charge in [0, 0.05) is 12.1 Å². The highest BCUT2D eigenvalue weighted by molar-refractivity contribution is 5.94. The van der Waals surface area contributed by atoms with Crippen LogP contribution in [0.5, 0.6) is 5.88 Å². The summed E-state index contributed by atoms with van der Waals surface area (Å²) in [6.45, 7) is 0. The van der Waals surface area contributed by atoms with Crippen LogP contribution in [0.3, 0.4) is 0 Å². The van der Waals surface area contributed by atoms with Crippen molar-refractivity contribution >= 4 is 11.8 Å². The molecule has 2 atom stereocenters. The maximum atomic E-state index is 13.5. The van der Waals surface area contributed by atoms with Gasteiger partial charge in [0.1, 0.15) is 17.8 Å². The van der Waals surface area contributed by atoms with Crippen LogP contribution >= 0.6 is 0 Å². The molecule has 0 aliphatic heterocycles. The van der Waals surface area contributed by atoms with Crippen LogP contribution in [0.15, 0.2) is 24.7 Å². The molecule has 2 amide bonds. The maximum Gasteiger partial charge on any atom is 0.273 e. The Hall–Kier alpha value is -3.17. The van der Waals surface area contributed by atoms with Gasteiger partial charge in [-0.25, -0.2) is 23.7 Å². The first-order chi connectivity index (χ1) is 12.0. The average Bonchev–Trinajstić information content (AvgIpc) is 3.31. The molecule has 0 spiro atoms. The fourth-order valence-electron chi connectivity index (χ4n) is 2.15. The van der Waals surface area contributed by atoms with Crippen molar-refractivity contribution in [2.24, 2.45) is 0 Å². The van der Waals surface area contributed by atoms with Crippen molar-refractivity contribution in [1.29, 1.82) is 0 Å². The number of carbonyl (C=O) groups is 2. The zero-order chi connectivity index (χ0) is 18.0. The second kappa shape index (κ2) is 6.75. The molecule has 2 aromatic heterocycles. The fraction of sp³-hybridized carbons (Fsp3) is 0.267. The third-order valence-electron chi connectivity index (χ3n) is 3.53. The topological polar surface area (TPSA) is 106 Å². The second-order valence-electron chi connectivity index (χ2n) is 5.33. The number of aromatic nitrogens is 3. The van der Waals surface area contributed by atoms with Crippen molar-refractivity contribution in [3.05, 3.63) is 47.7 Å². The number of nitrogens with one attached hydrogen (secondary N) is 2. The van der Waals surface area contributed by atoms with Gasteiger partial charge in [-0.1, -0.05) is 0 Å². The number of methoxy groups -OCH3 is 1. The lowest BCUT2D eigenvalue weighted by atomic mass is 10.3. The summed E-state index contributed by atoms with van der Waals surface area (Å²) in [4.78, 5) is 35.1. The monoisotopic (exact) mass is 349 g/mol. The lowest BCUT2D eigenvalue weighted by molar-refractivity contribution is 0.0918. The van der Waals surface area contributed by atoms with E-state index in [9.17, 15) is 18.4 Å². The van der Waals surface area contributed by atoms with E-state index in [1.165, 1.54) is 19.5 Å². The molecule has 10 heteroatoms. The van der Waals surface area contributed by atoms with Crippen molar-refractivity contribution in [1.82, 2.24) is 25.6 Å². The van der Waals surface area contributed by atoms with Crippen LogP contribution in [-0.4, -0.2) is 46.0 Å². The van der Waals surface area contributed by atoms with Crippen LogP contribution in [0.2, 0.25) is 0 Å². The number of hydrogen-bond donors (Lipinski definition) is 2. The lowest BCUT2D eigenvalue weighted by Crippen LogP contribution is -2.35. The predicted molar refractivity (Wildman–Crippen MR) is 79.9 cm³/mol. The van der Waals surface area contributed by atoms with Gasteiger partial charge in [-0.2, -0.15) is 0 Å². The minimum absolute atomic E-state index is 0.120. The number of ether oxygens (including phenoxy) is 1. The van der Waals surface area contributed by atoms with Crippen LogP contribution < -0.4 is 15.4 Å². The van der Waals surface area contributed by atoms with E-state index in [2.05, 4.69) is 25.6 Å². The van der Waals surface area contributed by atoms with Gasteiger partial charge in [-0.05, 0) is 6.42 Å². The summed E-state index contributed by atoms with van der Waals surface area (Å²) >= 11 is 0. The number of amides is 2. The molecular weight excluding hydrogens is 336 g/mol. The Kier molecular flexibility index (Phi) is 4.50. The molecule has 0 radical (unpaired) electrons.